The number of carboxylic acid groups (broad SMARTS) is 1. The lowest BCUT2D eigenvalue weighted by Crippen LogP contribution is -2.25. The molecule has 1 aliphatic carbocycles. The summed E-state index contributed by atoms with van der Waals surface area (Å²) in [7, 11) is 0. The van der Waals surface area contributed by atoms with Crippen molar-refractivity contribution in [1.29, 1.82) is 0 Å². The number of Topliss-reactive ketones (excluding diaryl/α,β-unsaturated/α-hetero) is 1. The van der Waals surface area contributed by atoms with Gasteiger partial charge in [-0.25, -0.2) is 0 Å². The number of ketones is 1. The van der Waals surface area contributed by atoms with Gasteiger partial charge in [0.25, 0.3) is 0 Å². The molecule has 2 rings (SSSR count). The third kappa shape index (κ3) is 1.14. The molecule has 1 aromatic heterocycles. The quantitative estimate of drug-likeness (QED) is 0.615. The van der Waals surface area contributed by atoms with Gasteiger partial charge in [0, 0.05) is 18.4 Å². The molecule has 0 N–H and O–H groups in total. The van der Waals surface area contributed by atoms with Crippen molar-refractivity contribution < 1.29 is 19.1 Å². The first-order valence-electron chi connectivity index (χ1n) is 4.05. The number of aromatic carboxylic acids is 1. The number of hydrogen-bond donors (Lipinski definition) is 0. The van der Waals surface area contributed by atoms with Gasteiger partial charge in [0.15, 0.2) is 5.78 Å². The Morgan fingerprint density at radius 2 is 2.23 bits per heavy atom. The van der Waals surface area contributed by atoms with Crippen molar-refractivity contribution in [3.05, 3.63) is 23.2 Å². The number of aryl methyl sites for hydroxylation is 1. The summed E-state index contributed by atoms with van der Waals surface area (Å²) in [5.74, 6) is -1.02. The molecule has 0 aliphatic heterocycles. The Kier molecular flexibility index (Phi) is 1.69. The maximum Gasteiger partial charge on any atom is 0.167 e. The van der Waals surface area contributed by atoms with Crippen LogP contribution in [0.25, 0.3) is 0 Å². The maximum atomic E-state index is 11.3. The van der Waals surface area contributed by atoms with Crippen molar-refractivity contribution in [1.82, 2.24) is 0 Å². The standard InChI is InChI=1S/C9H8O4/c10-6-2-1-3-7-8(6)5(4-13-7)9(11)12/h4H,1-3H2,(H,11,12)/p-1. The molecule has 1 heterocycles. The first kappa shape index (κ1) is 8.04. The van der Waals surface area contributed by atoms with Crippen LogP contribution in [0.2, 0.25) is 0 Å². The minimum atomic E-state index is -1.35. The molecular weight excluding hydrogens is 172 g/mol. The summed E-state index contributed by atoms with van der Waals surface area (Å²) in [6, 6.07) is 0. The third-order valence-corrected chi connectivity index (χ3v) is 2.17. The smallest absolute Gasteiger partial charge is 0.167 e. The van der Waals surface area contributed by atoms with Crippen LogP contribution in [0.4, 0.5) is 0 Å². The van der Waals surface area contributed by atoms with Crippen molar-refractivity contribution in [2.45, 2.75) is 19.3 Å². The molecule has 0 bridgehead atoms. The predicted octanol–water partition coefficient (Wildman–Crippen LogP) is 0.162. The van der Waals surface area contributed by atoms with Gasteiger partial charge < -0.3 is 14.3 Å². The number of carbonyl (C=O) groups is 2. The highest BCUT2D eigenvalue weighted by Gasteiger charge is 2.24. The van der Waals surface area contributed by atoms with Crippen LogP contribution in [0.5, 0.6) is 0 Å². The molecule has 4 nitrogen and oxygen atoms in total. The first-order chi connectivity index (χ1) is 6.20. The minimum absolute atomic E-state index is 0.111. The monoisotopic (exact) mass is 179 g/mol. The van der Waals surface area contributed by atoms with E-state index in [1.54, 1.807) is 0 Å². The highest BCUT2D eigenvalue weighted by molar-refractivity contribution is 6.06. The van der Waals surface area contributed by atoms with E-state index in [1.807, 2.05) is 0 Å². The molecule has 0 saturated carbocycles. The molecule has 0 fully saturated rings. The van der Waals surface area contributed by atoms with E-state index in [0.717, 1.165) is 12.7 Å². The van der Waals surface area contributed by atoms with Crippen molar-refractivity contribution >= 4 is 11.8 Å². The van der Waals surface area contributed by atoms with Gasteiger partial charge in [-0.05, 0) is 6.42 Å². The van der Waals surface area contributed by atoms with Crippen LogP contribution in [-0.2, 0) is 6.42 Å². The van der Waals surface area contributed by atoms with Crippen molar-refractivity contribution in [3.8, 4) is 0 Å². The molecule has 1 aromatic rings. The second-order valence-corrected chi connectivity index (χ2v) is 3.01. The summed E-state index contributed by atoms with van der Waals surface area (Å²) in [5, 5.41) is 10.6. The fourth-order valence-corrected chi connectivity index (χ4v) is 1.57. The van der Waals surface area contributed by atoms with Gasteiger partial charge >= 0.3 is 0 Å². The zero-order valence-electron chi connectivity index (χ0n) is 6.83. The van der Waals surface area contributed by atoms with E-state index < -0.39 is 5.97 Å². The van der Waals surface area contributed by atoms with Gasteiger partial charge in [-0.2, -0.15) is 0 Å². The Hall–Kier alpha value is -1.58. The van der Waals surface area contributed by atoms with Crippen molar-refractivity contribution in [3.63, 3.8) is 0 Å². The number of carboxylic acids is 1. The van der Waals surface area contributed by atoms with Gasteiger partial charge in [-0.3, -0.25) is 4.79 Å². The van der Waals surface area contributed by atoms with E-state index in [0.29, 0.717) is 18.6 Å². The van der Waals surface area contributed by atoms with Crippen molar-refractivity contribution in [2.75, 3.05) is 0 Å². The lowest BCUT2D eigenvalue weighted by Gasteiger charge is -2.09. The van der Waals surface area contributed by atoms with E-state index in [9.17, 15) is 14.7 Å². The largest absolute Gasteiger partial charge is 0.545 e. The van der Waals surface area contributed by atoms with Gasteiger partial charge in [0.05, 0.1) is 11.5 Å². The van der Waals surface area contributed by atoms with Crippen LogP contribution in [0.3, 0.4) is 0 Å². The van der Waals surface area contributed by atoms with Crippen LogP contribution >= 0.6 is 0 Å². The Morgan fingerprint density at radius 3 is 2.92 bits per heavy atom. The Bertz CT molecular complexity index is 375. The van der Waals surface area contributed by atoms with E-state index in [-0.39, 0.29) is 16.9 Å². The average molecular weight is 179 g/mol. The second-order valence-electron chi connectivity index (χ2n) is 3.01. The molecule has 0 unspecified atom stereocenters. The second kappa shape index (κ2) is 2.73. The topological polar surface area (TPSA) is 70.3 Å². The zero-order chi connectivity index (χ0) is 9.42. The van der Waals surface area contributed by atoms with Gasteiger partial charge in [0.1, 0.15) is 12.0 Å². The fraction of sp³-hybridized carbons (Fsp3) is 0.333. The lowest BCUT2D eigenvalue weighted by atomic mass is 9.94. The van der Waals surface area contributed by atoms with Gasteiger partial charge in [-0.15, -0.1) is 0 Å². The molecule has 0 atom stereocenters. The molecule has 0 saturated heterocycles. The summed E-state index contributed by atoms with van der Waals surface area (Å²) < 4.78 is 4.98. The average Bonchev–Trinajstić information content (AvgIpc) is 2.49. The Labute approximate surface area is 74.2 Å². The predicted molar refractivity (Wildman–Crippen MR) is 40.3 cm³/mol. The Balaban J connectivity index is 2.56. The van der Waals surface area contributed by atoms with E-state index in [4.69, 9.17) is 4.42 Å². The SMILES string of the molecule is O=C([O-])c1coc2c1C(=O)CCC2. The molecule has 1 aliphatic rings. The summed E-state index contributed by atoms with van der Waals surface area (Å²) in [6.45, 7) is 0. The van der Waals surface area contributed by atoms with Crippen LogP contribution in [0, 0.1) is 0 Å². The Morgan fingerprint density at radius 1 is 1.46 bits per heavy atom. The number of furan rings is 1. The highest BCUT2D eigenvalue weighted by atomic mass is 16.4. The maximum absolute atomic E-state index is 11.3. The minimum Gasteiger partial charge on any atom is -0.545 e. The van der Waals surface area contributed by atoms with Gasteiger partial charge in [-0.1, -0.05) is 0 Å². The third-order valence-electron chi connectivity index (χ3n) is 2.17. The van der Waals surface area contributed by atoms with Crippen LogP contribution in [0.1, 0.15) is 39.3 Å². The number of rotatable bonds is 1. The lowest BCUT2D eigenvalue weighted by molar-refractivity contribution is -0.255. The van der Waals surface area contributed by atoms with Crippen molar-refractivity contribution in [2.24, 2.45) is 0 Å². The number of hydrogen-bond acceptors (Lipinski definition) is 4. The molecule has 0 amide bonds. The van der Waals surface area contributed by atoms with E-state index in [2.05, 4.69) is 0 Å². The highest BCUT2D eigenvalue weighted by Crippen LogP contribution is 2.25. The van der Waals surface area contributed by atoms with E-state index >= 15 is 0 Å². The summed E-state index contributed by atoms with van der Waals surface area (Å²) >= 11 is 0. The van der Waals surface area contributed by atoms with E-state index in [1.165, 1.54) is 0 Å². The fourth-order valence-electron chi connectivity index (χ4n) is 1.57. The summed E-state index contributed by atoms with van der Waals surface area (Å²) in [5.41, 5.74) is 0.103. The molecule has 68 valence electrons. The molecule has 0 spiro atoms. The molecule has 13 heavy (non-hydrogen) atoms. The normalized spacial score (nSPS) is 15.5. The molecule has 4 heteroatoms. The molecular formula is C9H7O4-. The number of carbonyl (C=O) groups excluding carboxylic acids is 2. The van der Waals surface area contributed by atoms with Crippen LogP contribution in [-0.4, -0.2) is 11.8 Å². The van der Waals surface area contributed by atoms with Crippen LogP contribution in [0.15, 0.2) is 10.7 Å². The first-order valence-corrected chi connectivity index (χ1v) is 4.05. The zero-order valence-corrected chi connectivity index (χ0v) is 6.83. The molecule has 0 radical (unpaired) electrons. The molecule has 0 aromatic carbocycles. The number of fused-ring (bicyclic) bond motifs is 1. The van der Waals surface area contributed by atoms with Crippen LogP contribution < -0.4 is 5.11 Å². The summed E-state index contributed by atoms with van der Waals surface area (Å²) in [6.07, 6.45) is 2.84. The summed E-state index contributed by atoms with van der Waals surface area (Å²) in [4.78, 5) is 21.9. The van der Waals surface area contributed by atoms with Gasteiger partial charge in [0.2, 0.25) is 0 Å².